The van der Waals surface area contributed by atoms with E-state index in [-0.39, 0.29) is 11.8 Å². The van der Waals surface area contributed by atoms with Gasteiger partial charge >= 0.3 is 0 Å². The highest BCUT2D eigenvalue weighted by Gasteiger charge is 2.29. The molecular formula is C66H70N2O2Si3. The highest BCUT2D eigenvalue weighted by atomic mass is 28.3. The third-order valence-electron chi connectivity index (χ3n) is 15.2. The molecule has 0 saturated carbocycles. The van der Waals surface area contributed by atoms with Crippen LogP contribution in [0.1, 0.15) is 56.2 Å². The predicted molar refractivity (Wildman–Crippen MR) is 327 cm³/mol. The van der Waals surface area contributed by atoms with Crippen LogP contribution in [0.15, 0.2) is 167 Å². The number of fused-ring (bicyclic) bond motifs is 9. The van der Waals surface area contributed by atoms with Crippen LogP contribution in [0, 0.1) is 6.92 Å². The first-order valence-electron chi connectivity index (χ1n) is 26.4. The summed E-state index contributed by atoms with van der Waals surface area (Å²) in [5.41, 5.74) is 14.1. The summed E-state index contributed by atoms with van der Waals surface area (Å²) < 4.78 is 14.3. The molecule has 0 saturated heterocycles. The summed E-state index contributed by atoms with van der Waals surface area (Å²) in [5.74, 6) is 0.495. The van der Waals surface area contributed by atoms with E-state index in [4.69, 9.17) is 8.83 Å². The van der Waals surface area contributed by atoms with Crippen LogP contribution in [-0.2, 0) is 0 Å². The summed E-state index contributed by atoms with van der Waals surface area (Å²) >= 11 is 0. The van der Waals surface area contributed by atoms with Crippen LogP contribution in [0.2, 0.25) is 58.9 Å². The SMILES string of the molecule is Cc1ccc(N(c2ccc([Si](C)(C)C)cc2)c2ccc3cc4c(cc3c2)oc2c3oc5cc6cc(N(c7ccc([Si](C)(C)C)cc7)c7ccc([Si](C)(C)C)cc7)ccc6cc5c3c(C(C)C)c(C(C)C)c42)cc1. The van der Waals surface area contributed by atoms with Crippen molar-refractivity contribution in [2.75, 3.05) is 9.80 Å². The summed E-state index contributed by atoms with van der Waals surface area (Å²) in [6.45, 7) is 33.2. The highest BCUT2D eigenvalue weighted by Crippen LogP contribution is 2.50. The maximum atomic E-state index is 7.17. The molecule has 11 rings (SSSR count). The Hall–Kier alpha value is -6.65. The van der Waals surface area contributed by atoms with Crippen molar-refractivity contribution in [3.05, 3.63) is 174 Å². The fourth-order valence-corrected chi connectivity index (χ4v) is 14.7. The lowest BCUT2D eigenvalue weighted by Gasteiger charge is -2.28. The quantitative estimate of drug-likeness (QED) is 0.121. The number of nitrogens with zero attached hydrogens (tertiary/aromatic N) is 2. The minimum Gasteiger partial charge on any atom is -0.452 e. The maximum absolute atomic E-state index is 7.17. The molecule has 4 nitrogen and oxygen atoms in total. The Morgan fingerprint density at radius 2 is 0.644 bits per heavy atom. The Morgan fingerprint density at radius 3 is 0.945 bits per heavy atom. The van der Waals surface area contributed by atoms with Crippen molar-refractivity contribution in [2.45, 2.75) is 105 Å². The van der Waals surface area contributed by atoms with E-state index in [1.807, 2.05) is 0 Å². The van der Waals surface area contributed by atoms with Crippen LogP contribution in [0.4, 0.5) is 34.1 Å². The van der Waals surface area contributed by atoms with Gasteiger partial charge in [-0.2, -0.15) is 0 Å². The predicted octanol–water partition coefficient (Wildman–Crippen LogP) is 18.9. The lowest BCUT2D eigenvalue weighted by molar-refractivity contribution is 0.632. The van der Waals surface area contributed by atoms with Gasteiger partial charge in [-0.25, -0.2) is 0 Å². The van der Waals surface area contributed by atoms with Crippen molar-refractivity contribution in [3.8, 4) is 0 Å². The lowest BCUT2D eigenvalue weighted by Crippen LogP contribution is -2.37. The largest absolute Gasteiger partial charge is 0.452 e. The molecule has 0 spiro atoms. The molecule has 0 aliphatic carbocycles. The molecule has 0 aliphatic heterocycles. The molecule has 0 unspecified atom stereocenters. The molecule has 73 heavy (non-hydrogen) atoms. The van der Waals surface area contributed by atoms with Gasteiger partial charge in [0, 0.05) is 55.7 Å². The first-order valence-corrected chi connectivity index (χ1v) is 36.9. The van der Waals surface area contributed by atoms with E-state index in [0.717, 1.165) is 83.4 Å². The molecule has 368 valence electrons. The van der Waals surface area contributed by atoms with Gasteiger partial charge in [0.1, 0.15) is 11.2 Å². The summed E-state index contributed by atoms with van der Waals surface area (Å²) in [4.78, 5) is 4.79. The number of aryl methyl sites for hydroxylation is 1. The first-order chi connectivity index (χ1) is 34.6. The Kier molecular flexibility index (Phi) is 11.8. The smallest absolute Gasteiger partial charge is 0.178 e. The van der Waals surface area contributed by atoms with Gasteiger partial charge in [0.15, 0.2) is 11.2 Å². The molecule has 0 atom stereocenters. The molecule has 7 heteroatoms. The lowest BCUT2D eigenvalue weighted by atomic mass is 9.84. The van der Waals surface area contributed by atoms with Gasteiger partial charge in [-0.05, 0) is 148 Å². The minimum atomic E-state index is -1.48. The van der Waals surface area contributed by atoms with Crippen molar-refractivity contribution in [1.82, 2.24) is 0 Å². The molecule has 9 aromatic carbocycles. The van der Waals surface area contributed by atoms with E-state index >= 15 is 0 Å². The number of furan rings is 2. The van der Waals surface area contributed by atoms with Gasteiger partial charge in [0.25, 0.3) is 0 Å². The first kappa shape index (κ1) is 48.6. The molecule has 0 N–H and O–H groups in total. The number of rotatable bonds is 11. The highest BCUT2D eigenvalue weighted by molar-refractivity contribution is 6.89. The second-order valence-electron chi connectivity index (χ2n) is 24.4. The fraction of sp³-hybridized carbons (Fsp3) is 0.242. The topological polar surface area (TPSA) is 32.8 Å². The average Bonchev–Trinajstić information content (AvgIpc) is 3.91. The van der Waals surface area contributed by atoms with Crippen molar-refractivity contribution >= 4 is 139 Å². The van der Waals surface area contributed by atoms with Crippen LogP contribution >= 0.6 is 0 Å². The van der Waals surface area contributed by atoms with Crippen molar-refractivity contribution in [3.63, 3.8) is 0 Å². The Balaban J connectivity index is 1.08. The number of hydrogen-bond donors (Lipinski definition) is 0. The molecule has 0 fully saturated rings. The Labute approximate surface area is 435 Å². The summed E-state index contributed by atoms with van der Waals surface area (Å²) in [6, 6.07) is 59.7. The average molecular weight is 1010 g/mol. The Bertz CT molecular complexity index is 3840. The van der Waals surface area contributed by atoms with Crippen molar-refractivity contribution < 1.29 is 8.83 Å². The van der Waals surface area contributed by atoms with E-state index in [0.29, 0.717) is 0 Å². The van der Waals surface area contributed by atoms with Crippen molar-refractivity contribution in [1.29, 1.82) is 0 Å². The molecule has 11 aromatic rings. The van der Waals surface area contributed by atoms with Crippen molar-refractivity contribution in [2.24, 2.45) is 0 Å². The van der Waals surface area contributed by atoms with Gasteiger partial charge in [-0.1, -0.05) is 168 Å². The molecule has 2 aromatic heterocycles. The zero-order chi connectivity index (χ0) is 51.5. The summed E-state index contributed by atoms with van der Waals surface area (Å²) in [7, 11) is -4.43. The maximum Gasteiger partial charge on any atom is 0.178 e. The van der Waals surface area contributed by atoms with Crippen LogP contribution in [-0.4, -0.2) is 24.2 Å². The molecule has 2 heterocycles. The second kappa shape index (κ2) is 17.8. The molecule has 0 radical (unpaired) electrons. The Morgan fingerprint density at radius 1 is 0.342 bits per heavy atom. The standard InChI is InChI=1S/C66H70N2O2Si3/c1-41(2)61-62(42(3)4)64-58-38-45-18-22-53(68(50-25-31-55(32-26-50)72(9,10)11)51-27-33-56(34-28-51)73(12,13)14)36-47(45)40-60(58)70-66(64)65-63(61)57-37-44-17-21-52(35-46(44)39-59(57)69-65)67(48-19-15-43(5)16-20-48)49-23-29-54(30-24-49)71(6,7)8/h15-42H,1-14H3. The molecule has 0 aliphatic rings. The van der Waals surface area contributed by atoms with Gasteiger partial charge in [0.05, 0.1) is 24.2 Å². The third kappa shape index (κ3) is 8.73. The summed E-state index contributed by atoms with van der Waals surface area (Å²) in [6.07, 6.45) is 0. The van der Waals surface area contributed by atoms with Gasteiger partial charge in [-0.15, -0.1) is 0 Å². The third-order valence-corrected chi connectivity index (χ3v) is 21.4. The number of benzene rings is 9. The fourth-order valence-electron chi connectivity index (χ4n) is 11.2. The van der Waals surface area contributed by atoms with Gasteiger partial charge < -0.3 is 18.6 Å². The van der Waals surface area contributed by atoms with Gasteiger partial charge in [-0.3, -0.25) is 0 Å². The number of anilines is 6. The van der Waals surface area contributed by atoms with Crippen LogP contribution in [0.3, 0.4) is 0 Å². The summed E-state index contributed by atoms with van der Waals surface area (Å²) in [5, 5.41) is 13.6. The molecule has 0 bridgehead atoms. The van der Waals surface area contributed by atoms with Gasteiger partial charge in [0.2, 0.25) is 0 Å². The van der Waals surface area contributed by atoms with E-state index in [9.17, 15) is 0 Å². The van der Waals surface area contributed by atoms with E-state index in [1.54, 1.807) is 0 Å². The minimum absolute atomic E-state index is 0.247. The molecular weight excluding hydrogens is 937 g/mol. The normalized spacial score (nSPS) is 12.8. The van der Waals surface area contributed by atoms with Crippen LogP contribution < -0.4 is 25.4 Å². The van der Waals surface area contributed by atoms with Crippen LogP contribution in [0.5, 0.6) is 0 Å². The van der Waals surface area contributed by atoms with E-state index in [2.05, 4.69) is 261 Å². The van der Waals surface area contributed by atoms with Crippen LogP contribution in [0.25, 0.3) is 65.4 Å². The second-order valence-corrected chi connectivity index (χ2v) is 39.6. The zero-order valence-corrected chi connectivity index (χ0v) is 48.4. The van der Waals surface area contributed by atoms with E-state index in [1.165, 1.54) is 48.4 Å². The van der Waals surface area contributed by atoms with E-state index < -0.39 is 24.2 Å². The molecule has 0 amide bonds. The zero-order valence-electron chi connectivity index (χ0n) is 45.4. The monoisotopic (exact) mass is 1010 g/mol. The number of hydrogen-bond acceptors (Lipinski definition) is 4.